The Morgan fingerprint density at radius 1 is 0.946 bits per heavy atom. The van der Waals surface area contributed by atoms with Gasteiger partial charge in [0.1, 0.15) is 18.4 Å². The molecule has 0 aliphatic heterocycles. The van der Waals surface area contributed by atoms with E-state index in [1.807, 2.05) is 0 Å². The summed E-state index contributed by atoms with van der Waals surface area (Å²) in [5.41, 5.74) is -3.08. The average molecular weight is 535 g/mol. The Bertz CT molecular complexity index is 1100. The fraction of sp³-hybridized carbons (Fsp3) is 0.375. The van der Waals surface area contributed by atoms with Crippen molar-refractivity contribution in [3.05, 3.63) is 64.7 Å². The van der Waals surface area contributed by atoms with Crippen LogP contribution in [-0.2, 0) is 38.1 Å². The molecular weight excluding hydrogens is 512 g/mol. The lowest BCUT2D eigenvalue weighted by Gasteiger charge is -2.27. The highest BCUT2D eigenvalue weighted by Crippen LogP contribution is 2.36. The van der Waals surface area contributed by atoms with E-state index in [2.05, 4.69) is 4.74 Å². The zero-order chi connectivity index (χ0) is 28.1. The second-order valence-corrected chi connectivity index (χ2v) is 8.07. The number of rotatable bonds is 9. The summed E-state index contributed by atoms with van der Waals surface area (Å²) in [6.45, 7) is 0.777. The van der Waals surface area contributed by atoms with Crippen molar-refractivity contribution in [1.82, 2.24) is 4.90 Å². The summed E-state index contributed by atoms with van der Waals surface area (Å²) in [5.74, 6) is -3.83. The lowest BCUT2D eigenvalue weighted by Crippen LogP contribution is -2.43. The van der Waals surface area contributed by atoms with Gasteiger partial charge in [0.25, 0.3) is 0 Å². The van der Waals surface area contributed by atoms with Gasteiger partial charge >= 0.3 is 24.3 Å². The van der Waals surface area contributed by atoms with E-state index in [1.54, 1.807) is 0 Å². The molecule has 2 aromatic rings. The van der Waals surface area contributed by atoms with Crippen molar-refractivity contribution in [2.75, 3.05) is 14.2 Å². The van der Waals surface area contributed by atoms with Crippen LogP contribution in [0.25, 0.3) is 0 Å². The zero-order valence-electron chi connectivity index (χ0n) is 19.8. The third kappa shape index (κ3) is 7.86. The summed E-state index contributed by atoms with van der Waals surface area (Å²) < 4.78 is 88.2. The van der Waals surface area contributed by atoms with Crippen LogP contribution in [0.5, 0.6) is 5.75 Å². The largest absolute Gasteiger partial charge is 0.489 e. The molecule has 2 aromatic carbocycles. The molecule has 0 aliphatic carbocycles. The van der Waals surface area contributed by atoms with Crippen molar-refractivity contribution in [3.63, 3.8) is 0 Å². The third-order valence-electron chi connectivity index (χ3n) is 5.48. The summed E-state index contributed by atoms with van der Waals surface area (Å²) in [4.78, 5) is 37.0. The van der Waals surface area contributed by atoms with Crippen LogP contribution in [0, 0.1) is 0 Å². The van der Waals surface area contributed by atoms with Crippen LogP contribution in [0.2, 0.25) is 0 Å². The quantitative estimate of drug-likeness (QED) is 0.364. The first-order chi connectivity index (χ1) is 17.0. The zero-order valence-corrected chi connectivity index (χ0v) is 19.8. The molecule has 0 radical (unpaired) electrons. The topological polar surface area (TPSA) is 93.1 Å². The maximum Gasteiger partial charge on any atom is 0.416 e. The number of esters is 1. The number of ether oxygens (including phenoxy) is 2. The molecule has 2 unspecified atom stereocenters. The van der Waals surface area contributed by atoms with E-state index in [1.165, 1.54) is 38.2 Å². The maximum absolute atomic E-state index is 13.0. The van der Waals surface area contributed by atoms with Gasteiger partial charge in [-0.3, -0.25) is 9.59 Å². The van der Waals surface area contributed by atoms with Crippen LogP contribution in [0.1, 0.15) is 41.5 Å². The highest BCUT2D eigenvalue weighted by molar-refractivity contribution is 5.91. The van der Waals surface area contributed by atoms with E-state index in [9.17, 15) is 45.8 Å². The Hall–Kier alpha value is -3.77. The fourth-order valence-electron chi connectivity index (χ4n) is 3.35. The van der Waals surface area contributed by atoms with Gasteiger partial charge in [0.05, 0.1) is 30.6 Å². The Kier molecular flexibility index (Phi) is 9.17. The summed E-state index contributed by atoms with van der Waals surface area (Å²) in [6, 6.07) is 5.36. The highest BCUT2D eigenvalue weighted by Gasteiger charge is 2.37. The number of alkyl halides is 6. The molecule has 0 saturated heterocycles. The molecular formula is C24H23F6NO6. The Morgan fingerprint density at radius 2 is 1.46 bits per heavy atom. The van der Waals surface area contributed by atoms with Crippen molar-refractivity contribution >= 4 is 17.8 Å². The van der Waals surface area contributed by atoms with Gasteiger partial charge in [-0.25, -0.2) is 4.79 Å². The minimum Gasteiger partial charge on any atom is -0.489 e. The maximum atomic E-state index is 13.0. The van der Waals surface area contributed by atoms with Crippen molar-refractivity contribution in [1.29, 1.82) is 0 Å². The molecule has 37 heavy (non-hydrogen) atoms. The summed E-state index contributed by atoms with van der Waals surface area (Å²) in [7, 11) is 2.44. The summed E-state index contributed by atoms with van der Waals surface area (Å²) in [6.07, 6.45) is -10.6. The van der Waals surface area contributed by atoms with Crippen molar-refractivity contribution in [2.45, 2.75) is 44.3 Å². The molecule has 0 heterocycles. The number of carbonyl (C=O) groups excluding carboxylic acids is 2. The van der Waals surface area contributed by atoms with Gasteiger partial charge in [-0.15, -0.1) is 0 Å². The van der Waals surface area contributed by atoms with Gasteiger partial charge in [-0.2, -0.15) is 26.3 Å². The molecule has 0 aliphatic rings. The Balaban J connectivity index is 2.25. The predicted octanol–water partition coefficient (Wildman–Crippen LogP) is 4.88. The lowest BCUT2D eigenvalue weighted by molar-refractivity contribution is -0.152. The van der Waals surface area contributed by atoms with E-state index in [0.717, 1.165) is 12.0 Å². The van der Waals surface area contributed by atoms with Gasteiger partial charge in [0, 0.05) is 7.05 Å². The number of carbonyl (C=O) groups is 3. The highest BCUT2D eigenvalue weighted by atomic mass is 19.4. The minimum absolute atomic E-state index is 0.00989. The second kappa shape index (κ2) is 11.5. The van der Waals surface area contributed by atoms with Crippen LogP contribution in [-0.4, -0.2) is 48.1 Å². The van der Waals surface area contributed by atoms with Gasteiger partial charge in [-0.1, -0.05) is 12.1 Å². The number of amides is 1. The fourth-order valence-corrected chi connectivity index (χ4v) is 3.35. The number of carboxylic acids is 1. The van der Waals surface area contributed by atoms with Crippen LogP contribution in [0.4, 0.5) is 26.3 Å². The first-order valence-electron chi connectivity index (χ1n) is 10.6. The molecule has 0 spiro atoms. The SMILES string of the molecule is COC(=O)C(C)N(C)C(=O)C(CC(=O)O)c1ccc(OCc2cc(C(F)(F)F)cc(C(F)(F)F)c2)cc1. The number of hydrogen-bond donors (Lipinski definition) is 1. The van der Waals surface area contributed by atoms with E-state index in [0.29, 0.717) is 12.1 Å². The van der Waals surface area contributed by atoms with Crippen LogP contribution in [0.3, 0.4) is 0 Å². The van der Waals surface area contributed by atoms with E-state index >= 15 is 0 Å². The molecule has 2 rings (SSSR count). The van der Waals surface area contributed by atoms with E-state index in [-0.39, 0.29) is 22.9 Å². The number of likely N-dealkylation sites (N-methyl/N-ethyl adjacent to an activating group) is 1. The van der Waals surface area contributed by atoms with Gasteiger partial charge in [0.2, 0.25) is 5.91 Å². The van der Waals surface area contributed by atoms with E-state index in [4.69, 9.17) is 4.74 Å². The van der Waals surface area contributed by atoms with Crippen LogP contribution < -0.4 is 4.74 Å². The van der Waals surface area contributed by atoms with Gasteiger partial charge in [-0.05, 0) is 48.4 Å². The summed E-state index contributed by atoms with van der Waals surface area (Å²) >= 11 is 0. The number of methoxy groups -OCH3 is 1. The lowest BCUT2D eigenvalue weighted by atomic mass is 9.93. The molecule has 2 atom stereocenters. The standard InChI is InChI=1S/C24H23F6NO6/c1-13(22(35)36-3)31(2)21(34)19(11-20(32)33)15-4-6-18(7-5-15)37-12-14-8-16(23(25,26)27)10-17(9-14)24(28,29)30/h4-10,13,19H,11-12H2,1-3H3,(H,32,33). The monoisotopic (exact) mass is 535 g/mol. The normalized spacial score (nSPS) is 13.4. The smallest absolute Gasteiger partial charge is 0.416 e. The Labute approximate surface area is 207 Å². The third-order valence-corrected chi connectivity index (χ3v) is 5.48. The number of aliphatic carboxylic acids is 1. The Morgan fingerprint density at radius 3 is 1.89 bits per heavy atom. The van der Waals surface area contributed by atoms with Gasteiger partial charge < -0.3 is 19.5 Å². The second-order valence-electron chi connectivity index (χ2n) is 8.07. The number of carboxylic acid groups (broad SMARTS) is 1. The first-order valence-corrected chi connectivity index (χ1v) is 10.6. The molecule has 0 saturated carbocycles. The molecule has 0 aromatic heterocycles. The summed E-state index contributed by atoms with van der Waals surface area (Å²) in [5, 5.41) is 9.25. The molecule has 202 valence electrons. The molecule has 0 fully saturated rings. The van der Waals surface area contributed by atoms with Gasteiger partial charge in [0.15, 0.2) is 0 Å². The molecule has 1 N–H and O–H groups in total. The number of benzene rings is 2. The molecule has 0 bridgehead atoms. The molecule has 1 amide bonds. The number of nitrogens with zero attached hydrogens (tertiary/aromatic N) is 1. The number of halogens is 6. The predicted molar refractivity (Wildman–Crippen MR) is 116 cm³/mol. The molecule has 13 heteroatoms. The number of hydrogen-bond acceptors (Lipinski definition) is 5. The first kappa shape index (κ1) is 29.5. The minimum atomic E-state index is -5.00. The van der Waals surface area contributed by atoms with Crippen LogP contribution in [0.15, 0.2) is 42.5 Å². The average Bonchev–Trinajstić information content (AvgIpc) is 2.83. The molecule has 7 nitrogen and oxygen atoms in total. The van der Waals surface area contributed by atoms with Crippen molar-refractivity contribution in [3.8, 4) is 5.75 Å². The van der Waals surface area contributed by atoms with Crippen molar-refractivity contribution in [2.24, 2.45) is 0 Å². The van der Waals surface area contributed by atoms with E-state index < -0.39 is 66.3 Å². The van der Waals surface area contributed by atoms with Crippen molar-refractivity contribution < 1.29 is 55.3 Å². The van der Waals surface area contributed by atoms with Crippen LogP contribution >= 0.6 is 0 Å².